The van der Waals surface area contributed by atoms with Crippen LogP contribution in [-0.2, 0) is 0 Å². The van der Waals surface area contributed by atoms with E-state index in [2.05, 4.69) is 59.8 Å². The summed E-state index contributed by atoms with van der Waals surface area (Å²) < 4.78 is 2.79. The van der Waals surface area contributed by atoms with Crippen LogP contribution in [0, 0.1) is 3.57 Å². The zero-order valence-corrected chi connectivity index (χ0v) is 14.4. The van der Waals surface area contributed by atoms with Crippen molar-refractivity contribution in [3.8, 4) is 0 Å². The van der Waals surface area contributed by atoms with Crippen molar-refractivity contribution >= 4 is 66.0 Å². The van der Waals surface area contributed by atoms with Gasteiger partial charge >= 0.3 is 0 Å². The van der Waals surface area contributed by atoms with Gasteiger partial charge in [0.05, 0.1) is 5.69 Å². The minimum absolute atomic E-state index is 0.126. The molecular weight excluding hydrogens is 473 g/mol. The van der Waals surface area contributed by atoms with E-state index < -0.39 is 0 Å². The minimum Gasteiger partial charge on any atom is -0.320 e. The number of hydrogen-bond donors (Lipinski definition) is 1. The third kappa shape index (κ3) is 3.33. The van der Waals surface area contributed by atoms with Crippen molar-refractivity contribution in [2.45, 2.75) is 0 Å². The minimum atomic E-state index is -0.126. The monoisotopic (exact) mass is 479 g/mol. The number of carbonyl (C=O) groups is 1. The number of benzene rings is 2. The Morgan fingerprint density at radius 1 is 1.00 bits per heavy atom. The lowest BCUT2D eigenvalue weighted by molar-refractivity contribution is 0.102. The van der Waals surface area contributed by atoms with Crippen molar-refractivity contribution in [2.24, 2.45) is 0 Å². The van der Waals surface area contributed by atoms with Crippen molar-refractivity contribution in [1.29, 1.82) is 0 Å². The second kappa shape index (κ2) is 6.16. The molecule has 0 aliphatic rings. The summed E-state index contributed by atoms with van der Waals surface area (Å²) in [5.74, 6) is -0.126. The standard InChI is InChI=1S/C13H8Br2INO/c14-10-2-1-3-11(15)12(10)17-13(18)8-4-6-9(16)7-5-8/h1-7H,(H,17,18). The van der Waals surface area contributed by atoms with E-state index in [-0.39, 0.29) is 5.91 Å². The quantitative estimate of drug-likeness (QED) is 0.597. The number of hydrogen-bond acceptors (Lipinski definition) is 1. The molecule has 1 amide bonds. The number of carbonyl (C=O) groups excluding carboxylic acids is 1. The Balaban J connectivity index is 2.24. The van der Waals surface area contributed by atoms with Crippen LogP contribution < -0.4 is 5.32 Å². The maximum atomic E-state index is 12.1. The van der Waals surface area contributed by atoms with E-state index in [4.69, 9.17) is 0 Å². The molecular formula is C13H8Br2INO. The molecule has 0 aliphatic carbocycles. The Morgan fingerprint density at radius 3 is 2.11 bits per heavy atom. The molecule has 0 bridgehead atoms. The zero-order valence-electron chi connectivity index (χ0n) is 9.08. The largest absolute Gasteiger partial charge is 0.320 e. The van der Waals surface area contributed by atoms with Gasteiger partial charge in [-0.2, -0.15) is 0 Å². The number of nitrogens with one attached hydrogen (secondary N) is 1. The third-order valence-electron chi connectivity index (χ3n) is 2.31. The lowest BCUT2D eigenvalue weighted by Crippen LogP contribution is -2.12. The predicted octanol–water partition coefficient (Wildman–Crippen LogP) is 5.07. The first-order chi connectivity index (χ1) is 8.58. The SMILES string of the molecule is O=C(Nc1c(Br)cccc1Br)c1ccc(I)cc1. The summed E-state index contributed by atoms with van der Waals surface area (Å²) in [7, 11) is 0. The highest BCUT2D eigenvalue weighted by molar-refractivity contribution is 14.1. The maximum absolute atomic E-state index is 12.1. The Bertz CT molecular complexity index is 564. The van der Waals surface area contributed by atoms with Gasteiger partial charge in [0.25, 0.3) is 5.91 Å². The van der Waals surface area contributed by atoms with Crippen LogP contribution in [0.15, 0.2) is 51.4 Å². The average molecular weight is 481 g/mol. The van der Waals surface area contributed by atoms with Crippen LogP contribution in [0.5, 0.6) is 0 Å². The first kappa shape index (κ1) is 14.0. The molecule has 0 heterocycles. The molecule has 0 radical (unpaired) electrons. The van der Waals surface area contributed by atoms with Crippen LogP contribution in [0.3, 0.4) is 0 Å². The molecule has 0 aliphatic heterocycles. The first-order valence-electron chi connectivity index (χ1n) is 5.09. The first-order valence-corrected chi connectivity index (χ1v) is 7.75. The van der Waals surface area contributed by atoms with Gasteiger partial charge < -0.3 is 5.32 Å². The van der Waals surface area contributed by atoms with E-state index in [1.165, 1.54) is 0 Å². The summed E-state index contributed by atoms with van der Waals surface area (Å²) in [5, 5.41) is 2.88. The van der Waals surface area contributed by atoms with Crippen LogP contribution in [-0.4, -0.2) is 5.91 Å². The van der Waals surface area contributed by atoms with Gasteiger partial charge in [0.1, 0.15) is 0 Å². The molecule has 0 aromatic heterocycles. The molecule has 0 unspecified atom stereocenters. The topological polar surface area (TPSA) is 29.1 Å². The Kier molecular flexibility index (Phi) is 4.80. The Hall–Kier alpha value is -0.400. The van der Waals surface area contributed by atoms with E-state index in [1.54, 1.807) is 0 Å². The Labute approximate surface area is 136 Å². The summed E-state index contributed by atoms with van der Waals surface area (Å²) in [6.07, 6.45) is 0. The fraction of sp³-hybridized carbons (Fsp3) is 0. The van der Waals surface area contributed by atoms with Crippen molar-refractivity contribution in [3.05, 3.63) is 60.5 Å². The number of amides is 1. The molecule has 0 atom stereocenters. The normalized spacial score (nSPS) is 10.2. The van der Waals surface area contributed by atoms with Crippen molar-refractivity contribution in [1.82, 2.24) is 0 Å². The second-order valence-corrected chi connectivity index (χ2v) is 6.51. The molecule has 0 saturated heterocycles. The highest BCUT2D eigenvalue weighted by Gasteiger charge is 2.10. The predicted molar refractivity (Wildman–Crippen MR) is 89.0 cm³/mol. The highest BCUT2D eigenvalue weighted by Crippen LogP contribution is 2.30. The molecule has 2 aromatic carbocycles. The summed E-state index contributed by atoms with van der Waals surface area (Å²) in [4.78, 5) is 12.1. The van der Waals surface area contributed by atoms with Gasteiger partial charge in [0, 0.05) is 18.1 Å². The fourth-order valence-electron chi connectivity index (χ4n) is 1.40. The van der Waals surface area contributed by atoms with Crippen molar-refractivity contribution in [2.75, 3.05) is 5.32 Å². The molecule has 2 rings (SSSR count). The van der Waals surface area contributed by atoms with Gasteiger partial charge in [0.15, 0.2) is 0 Å². The molecule has 0 spiro atoms. The summed E-state index contributed by atoms with van der Waals surface area (Å²) >= 11 is 9.04. The summed E-state index contributed by atoms with van der Waals surface area (Å²) in [5.41, 5.74) is 1.37. The maximum Gasteiger partial charge on any atom is 0.255 e. The van der Waals surface area contributed by atoms with Gasteiger partial charge in [-0.15, -0.1) is 0 Å². The number of rotatable bonds is 2. The van der Waals surface area contributed by atoms with Gasteiger partial charge in [-0.05, 0) is 90.8 Å². The van der Waals surface area contributed by atoms with Crippen molar-refractivity contribution in [3.63, 3.8) is 0 Å². The zero-order chi connectivity index (χ0) is 13.1. The molecule has 92 valence electrons. The van der Waals surface area contributed by atoms with Crippen LogP contribution in [0.1, 0.15) is 10.4 Å². The van der Waals surface area contributed by atoms with Crippen LogP contribution >= 0.6 is 54.5 Å². The molecule has 2 aromatic rings. The van der Waals surface area contributed by atoms with Crippen LogP contribution in [0.25, 0.3) is 0 Å². The summed E-state index contributed by atoms with van der Waals surface area (Å²) in [6, 6.07) is 13.1. The molecule has 5 heteroatoms. The number of para-hydroxylation sites is 1. The summed E-state index contributed by atoms with van der Waals surface area (Å²) in [6.45, 7) is 0. The Morgan fingerprint density at radius 2 is 1.56 bits per heavy atom. The molecule has 18 heavy (non-hydrogen) atoms. The van der Waals surface area contributed by atoms with Gasteiger partial charge in [-0.25, -0.2) is 0 Å². The molecule has 0 fully saturated rings. The van der Waals surface area contributed by atoms with E-state index in [0.29, 0.717) is 5.56 Å². The van der Waals surface area contributed by atoms with Crippen molar-refractivity contribution < 1.29 is 4.79 Å². The third-order valence-corrected chi connectivity index (χ3v) is 4.35. The van der Waals surface area contributed by atoms with Gasteiger partial charge in [0.2, 0.25) is 0 Å². The lowest BCUT2D eigenvalue weighted by atomic mass is 10.2. The van der Waals surface area contributed by atoms with E-state index in [1.807, 2.05) is 42.5 Å². The van der Waals surface area contributed by atoms with E-state index in [0.717, 1.165) is 18.2 Å². The second-order valence-electron chi connectivity index (χ2n) is 3.56. The van der Waals surface area contributed by atoms with Crippen LogP contribution in [0.2, 0.25) is 0 Å². The smallest absolute Gasteiger partial charge is 0.255 e. The van der Waals surface area contributed by atoms with Crippen LogP contribution in [0.4, 0.5) is 5.69 Å². The highest BCUT2D eigenvalue weighted by atomic mass is 127. The number of anilines is 1. The lowest BCUT2D eigenvalue weighted by Gasteiger charge is -2.09. The molecule has 0 saturated carbocycles. The number of halogens is 3. The van der Waals surface area contributed by atoms with E-state index in [9.17, 15) is 4.79 Å². The average Bonchev–Trinajstić information content (AvgIpc) is 2.34. The molecule has 1 N–H and O–H groups in total. The van der Waals surface area contributed by atoms with Gasteiger partial charge in [-0.1, -0.05) is 6.07 Å². The van der Waals surface area contributed by atoms with E-state index >= 15 is 0 Å². The fourth-order valence-corrected chi connectivity index (χ4v) is 2.96. The molecule has 2 nitrogen and oxygen atoms in total. The van der Waals surface area contributed by atoms with Gasteiger partial charge in [-0.3, -0.25) is 4.79 Å².